The summed E-state index contributed by atoms with van der Waals surface area (Å²) in [5.41, 5.74) is 0. The molecule has 1 amide bonds. The minimum Gasteiger partial charge on any atom is -0.340 e. The molecule has 0 radical (unpaired) electrons. The van der Waals surface area contributed by atoms with Crippen LogP contribution >= 0.6 is 0 Å². The molecule has 0 saturated carbocycles. The van der Waals surface area contributed by atoms with Crippen LogP contribution in [0.4, 0.5) is 0 Å². The summed E-state index contributed by atoms with van der Waals surface area (Å²) in [6, 6.07) is 0.549. The van der Waals surface area contributed by atoms with Gasteiger partial charge in [-0.3, -0.25) is 4.79 Å². The Morgan fingerprint density at radius 3 is 2.55 bits per heavy atom. The molecule has 0 aromatic rings. The van der Waals surface area contributed by atoms with Crippen LogP contribution in [0.15, 0.2) is 0 Å². The molecule has 1 aliphatic rings. The van der Waals surface area contributed by atoms with Crippen LogP contribution in [0.1, 0.15) is 33.6 Å². The maximum atomic E-state index is 10.9. The number of carbonyl (C=O) groups is 1. The van der Waals surface area contributed by atoms with Gasteiger partial charge in [-0.15, -0.1) is 0 Å². The smallest absolute Gasteiger partial charge is 0.219 e. The molecule has 2 heteroatoms. The van der Waals surface area contributed by atoms with Gasteiger partial charge in [0, 0.05) is 19.5 Å². The van der Waals surface area contributed by atoms with Crippen molar-refractivity contribution in [1.82, 2.24) is 4.90 Å². The van der Waals surface area contributed by atoms with E-state index in [0.717, 1.165) is 6.54 Å². The topological polar surface area (TPSA) is 20.3 Å². The molecule has 2 nitrogen and oxygen atoms in total. The van der Waals surface area contributed by atoms with Crippen molar-refractivity contribution >= 4 is 5.91 Å². The Morgan fingerprint density at radius 1 is 1.64 bits per heavy atom. The second-order valence-electron chi connectivity index (χ2n) is 3.78. The normalized spacial score (nSPS) is 23.6. The molecule has 0 aromatic heterocycles. The largest absolute Gasteiger partial charge is 0.340 e. The highest BCUT2D eigenvalue weighted by molar-refractivity contribution is 5.74. The third-order valence-electron chi connectivity index (χ3n) is 2.29. The first kappa shape index (κ1) is 8.57. The molecular formula is C9H17NO. The fourth-order valence-electron chi connectivity index (χ4n) is 1.64. The molecule has 1 fully saturated rings. The van der Waals surface area contributed by atoms with E-state index in [2.05, 4.69) is 13.8 Å². The van der Waals surface area contributed by atoms with Crippen molar-refractivity contribution in [1.29, 1.82) is 0 Å². The van der Waals surface area contributed by atoms with Gasteiger partial charge in [0.2, 0.25) is 5.91 Å². The molecule has 0 aliphatic carbocycles. The van der Waals surface area contributed by atoms with Crippen LogP contribution in [0.3, 0.4) is 0 Å². The van der Waals surface area contributed by atoms with Gasteiger partial charge in [-0.25, -0.2) is 0 Å². The van der Waals surface area contributed by atoms with Gasteiger partial charge in [-0.05, 0) is 18.8 Å². The van der Waals surface area contributed by atoms with E-state index >= 15 is 0 Å². The van der Waals surface area contributed by atoms with E-state index < -0.39 is 0 Å². The van der Waals surface area contributed by atoms with Crippen LogP contribution < -0.4 is 0 Å². The summed E-state index contributed by atoms with van der Waals surface area (Å²) < 4.78 is 0. The highest BCUT2D eigenvalue weighted by Crippen LogP contribution is 2.23. The van der Waals surface area contributed by atoms with Crippen molar-refractivity contribution in [3.63, 3.8) is 0 Å². The molecule has 1 saturated heterocycles. The van der Waals surface area contributed by atoms with Crippen LogP contribution in [0, 0.1) is 5.92 Å². The molecule has 11 heavy (non-hydrogen) atoms. The lowest BCUT2D eigenvalue weighted by molar-refractivity contribution is -0.136. The summed E-state index contributed by atoms with van der Waals surface area (Å²) >= 11 is 0. The predicted octanol–water partition coefficient (Wildman–Crippen LogP) is 1.65. The second kappa shape index (κ2) is 3.24. The van der Waals surface area contributed by atoms with E-state index in [0.29, 0.717) is 12.0 Å². The first-order valence-corrected chi connectivity index (χ1v) is 4.38. The molecule has 0 aromatic carbocycles. The van der Waals surface area contributed by atoms with Crippen molar-refractivity contribution in [2.24, 2.45) is 5.92 Å². The summed E-state index contributed by atoms with van der Waals surface area (Å²) in [5, 5.41) is 0. The van der Waals surface area contributed by atoms with E-state index in [-0.39, 0.29) is 5.91 Å². The lowest BCUT2D eigenvalue weighted by Crippen LogP contribution is -2.50. The van der Waals surface area contributed by atoms with Gasteiger partial charge in [-0.1, -0.05) is 13.8 Å². The van der Waals surface area contributed by atoms with E-state index in [1.165, 1.54) is 12.8 Å². The predicted molar refractivity (Wildman–Crippen MR) is 45.2 cm³/mol. The number of carbonyl (C=O) groups excluding carboxylic acids is 1. The minimum atomic E-state index is 0.238. The molecule has 0 spiro atoms. The van der Waals surface area contributed by atoms with Gasteiger partial charge in [0.1, 0.15) is 0 Å². The third-order valence-corrected chi connectivity index (χ3v) is 2.29. The van der Waals surface area contributed by atoms with Crippen molar-refractivity contribution in [3.8, 4) is 0 Å². The van der Waals surface area contributed by atoms with E-state index in [9.17, 15) is 4.79 Å². The quantitative estimate of drug-likeness (QED) is 0.594. The third kappa shape index (κ3) is 1.95. The van der Waals surface area contributed by atoms with Crippen LogP contribution in [-0.2, 0) is 4.79 Å². The highest BCUT2D eigenvalue weighted by atomic mass is 16.2. The number of hydrogen-bond donors (Lipinski definition) is 0. The summed E-state index contributed by atoms with van der Waals surface area (Å²) in [6.07, 6.45) is 2.37. The fraction of sp³-hybridized carbons (Fsp3) is 0.889. The van der Waals surface area contributed by atoms with Crippen molar-refractivity contribution < 1.29 is 4.79 Å². The Labute approximate surface area is 68.6 Å². The zero-order valence-electron chi connectivity index (χ0n) is 7.63. The second-order valence-corrected chi connectivity index (χ2v) is 3.78. The summed E-state index contributed by atoms with van der Waals surface area (Å²) in [5.74, 6) is 0.948. The number of rotatable bonds is 2. The van der Waals surface area contributed by atoms with Gasteiger partial charge in [0.25, 0.3) is 0 Å². The number of amides is 1. The highest BCUT2D eigenvalue weighted by Gasteiger charge is 2.29. The first-order valence-electron chi connectivity index (χ1n) is 4.38. The molecule has 1 atom stereocenters. The average molecular weight is 155 g/mol. The van der Waals surface area contributed by atoms with Gasteiger partial charge in [0.15, 0.2) is 0 Å². The number of likely N-dealkylation sites (tertiary alicyclic amines) is 1. The summed E-state index contributed by atoms with van der Waals surface area (Å²) in [7, 11) is 0. The van der Waals surface area contributed by atoms with Crippen LogP contribution in [-0.4, -0.2) is 23.4 Å². The zero-order valence-corrected chi connectivity index (χ0v) is 7.63. The maximum absolute atomic E-state index is 10.9. The van der Waals surface area contributed by atoms with Crippen LogP contribution in [0.2, 0.25) is 0 Å². The van der Waals surface area contributed by atoms with Crippen molar-refractivity contribution in [2.75, 3.05) is 6.54 Å². The molecule has 1 aliphatic heterocycles. The van der Waals surface area contributed by atoms with Crippen LogP contribution in [0.5, 0.6) is 0 Å². The maximum Gasteiger partial charge on any atom is 0.219 e. The van der Waals surface area contributed by atoms with Crippen molar-refractivity contribution in [2.45, 2.75) is 39.7 Å². The van der Waals surface area contributed by atoms with E-state index in [1.807, 2.05) is 4.90 Å². The Hall–Kier alpha value is -0.530. The lowest BCUT2D eigenvalue weighted by Gasteiger charge is -2.41. The Kier molecular flexibility index (Phi) is 2.53. The van der Waals surface area contributed by atoms with Gasteiger partial charge < -0.3 is 4.90 Å². The Bertz CT molecular complexity index is 154. The van der Waals surface area contributed by atoms with Crippen molar-refractivity contribution in [3.05, 3.63) is 0 Å². The number of hydrogen-bond acceptors (Lipinski definition) is 1. The number of nitrogens with zero attached hydrogens (tertiary/aromatic N) is 1. The molecule has 0 bridgehead atoms. The van der Waals surface area contributed by atoms with Gasteiger partial charge in [-0.2, -0.15) is 0 Å². The van der Waals surface area contributed by atoms with E-state index in [4.69, 9.17) is 0 Å². The van der Waals surface area contributed by atoms with E-state index in [1.54, 1.807) is 6.92 Å². The first-order chi connectivity index (χ1) is 5.11. The molecule has 1 rings (SSSR count). The molecular weight excluding hydrogens is 138 g/mol. The minimum absolute atomic E-state index is 0.238. The Balaban J connectivity index is 2.31. The van der Waals surface area contributed by atoms with Gasteiger partial charge in [0.05, 0.1) is 0 Å². The monoisotopic (exact) mass is 155 g/mol. The molecule has 0 unspecified atom stereocenters. The summed E-state index contributed by atoms with van der Waals surface area (Å²) in [6.45, 7) is 7.05. The molecule has 64 valence electrons. The lowest BCUT2D eigenvalue weighted by atomic mass is 9.93. The molecule has 1 heterocycles. The van der Waals surface area contributed by atoms with Crippen LogP contribution in [0.25, 0.3) is 0 Å². The zero-order chi connectivity index (χ0) is 8.43. The fourth-order valence-corrected chi connectivity index (χ4v) is 1.64. The Morgan fingerprint density at radius 2 is 2.27 bits per heavy atom. The molecule has 0 N–H and O–H groups in total. The van der Waals surface area contributed by atoms with Gasteiger partial charge >= 0.3 is 0 Å². The average Bonchev–Trinajstić information content (AvgIpc) is 1.78. The SMILES string of the molecule is CC(=O)N1CC[C@H]1CC(C)C. The summed E-state index contributed by atoms with van der Waals surface area (Å²) in [4.78, 5) is 12.9. The standard InChI is InChI=1S/C9H17NO/c1-7(2)6-9-4-5-10(9)8(3)11/h7,9H,4-6H2,1-3H3/t9-/m0/s1.